The summed E-state index contributed by atoms with van der Waals surface area (Å²) in [5, 5.41) is 13.2. The highest BCUT2D eigenvalue weighted by Gasteiger charge is 2.17. The lowest BCUT2D eigenvalue weighted by Gasteiger charge is -2.27. The van der Waals surface area contributed by atoms with Crippen LogP contribution < -0.4 is 19.7 Å². The zero-order valence-corrected chi connectivity index (χ0v) is 16.4. The fourth-order valence-corrected chi connectivity index (χ4v) is 3.49. The second kappa shape index (κ2) is 8.08. The third-order valence-corrected chi connectivity index (χ3v) is 4.96. The van der Waals surface area contributed by atoms with Gasteiger partial charge in [-0.2, -0.15) is 4.98 Å². The summed E-state index contributed by atoms with van der Waals surface area (Å²) >= 11 is 0. The monoisotopic (exact) mass is 406 g/mol. The van der Waals surface area contributed by atoms with E-state index in [-0.39, 0.29) is 5.75 Å². The largest absolute Gasteiger partial charge is 0.508 e. The molecule has 0 atom stereocenters. The van der Waals surface area contributed by atoms with E-state index in [1.807, 2.05) is 30.3 Å². The molecule has 0 aliphatic carbocycles. The van der Waals surface area contributed by atoms with E-state index in [4.69, 9.17) is 24.2 Å². The number of benzene rings is 2. The van der Waals surface area contributed by atoms with Crippen LogP contribution in [-0.4, -0.2) is 54.6 Å². The number of morpholine rings is 1. The van der Waals surface area contributed by atoms with Gasteiger partial charge in [0.25, 0.3) is 0 Å². The molecule has 1 aromatic heterocycles. The quantitative estimate of drug-likeness (QED) is 0.683. The second-order valence-electron chi connectivity index (χ2n) is 7.07. The van der Waals surface area contributed by atoms with E-state index >= 15 is 0 Å². The van der Waals surface area contributed by atoms with Crippen LogP contribution in [0.25, 0.3) is 11.3 Å². The minimum atomic E-state index is 0.195. The van der Waals surface area contributed by atoms with Crippen LogP contribution >= 0.6 is 0 Å². The lowest BCUT2D eigenvalue weighted by Crippen LogP contribution is -2.37. The van der Waals surface area contributed by atoms with Crippen LogP contribution in [0.4, 0.5) is 17.5 Å². The van der Waals surface area contributed by atoms with Gasteiger partial charge in [0.2, 0.25) is 5.95 Å². The van der Waals surface area contributed by atoms with Crippen molar-refractivity contribution in [3.63, 3.8) is 0 Å². The standard InChI is InChI=1S/C22H22N4O4/c27-17-3-1-2-15(12-17)18-14-21(25-22(24-18)26-6-8-28-9-7-26)23-16-4-5-19-20(13-16)30-11-10-29-19/h1-5,12-14,27H,6-11H2,(H,23,24,25). The van der Waals surface area contributed by atoms with Gasteiger partial charge in [-0.3, -0.25) is 0 Å². The van der Waals surface area contributed by atoms with Crippen molar-refractivity contribution in [2.24, 2.45) is 0 Å². The van der Waals surface area contributed by atoms with Crippen LogP contribution in [0.2, 0.25) is 0 Å². The summed E-state index contributed by atoms with van der Waals surface area (Å²) in [5.74, 6) is 2.92. The van der Waals surface area contributed by atoms with Crippen molar-refractivity contribution < 1.29 is 19.3 Å². The molecule has 0 bridgehead atoms. The molecule has 154 valence electrons. The maximum Gasteiger partial charge on any atom is 0.228 e. The molecule has 2 N–H and O–H groups in total. The van der Waals surface area contributed by atoms with Crippen molar-refractivity contribution in [3.8, 4) is 28.5 Å². The predicted octanol–water partition coefficient (Wildman–Crippen LogP) is 3.20. The molecule has 0 spiro atoms. The van der Waals surface area contributed by atoms with E-state index in [9.17, 15) is 5.11 Å². The maximum atomic E-state index is 9.90. The number of ether oxygens (including phenoxy) is 3. The summed E-state index contributed by atoms with van der Waals surface area (Å²) in [7, 11) is 0. The Balaban J connectivity index is 1.50. The van der Waals surface area contributed by atoms with Crippen LogP contribution in [0, 0.1) is 0 Å². The van der Waals surface area contributed by atoms with E-state index in [1.165, 1.54) is 0 Å². The Morgan fingerprint density at radius 1 is 0.867 bits per heavy atom. The van der Waals surface area contributed by atoms with Crippen molar-refractivity contribution in [1.82, 2.24) is 9.97 Å². The SMILES string of the molecule is Oc1cccc(-c2cc(Nc3ccc4c(c3)OCCO4)nc(N3CCOCC3)n2)c1. The van der Waals surface area contributed by atoms with Gasteiger partial charge in [0.05, 0.1) is 18.9 Å². The van der Waals surface area contributed by atoms with Gasteiger partial charge in [0, 0.05) is 36.5 Å². The average Bonchev–Trinajstić information content (AvgIpc) is 2.79. The first-order valence-electron chi connectivity index (χ1n) is 9.92. The molecule has 8 heteroatoms. The summed E-state index contributed by atoms with van der Waals surface area (Å²) < 4.78 is 16.7. The Bertz CT molecular complexity index is 1050. The number of aromatic nitrogens is 2. The van der Waals surface area contributed by atoms with Gasteiger partial charge in [0.15, 0.2) is 11.5 Å². The van der Waals surface area contributed by atoms with Gasteiger partial charge in [-0.25, -0.2) is 4.98 Å². The van der Waals surface area contributed by atoms with Crippen molar-refractivity contribution in [1.29, 1.82) is 0 Å². The number of anilines is 3. The van der Waals surface area contributed by atoms with Crippen LogP contribution in [0.15, 0.2) is 48.5 Å². The molecule has 0 radical (unpaired) electrons. The van der Waals surface area contributed by atoms with E-state index in [1.54, 1.807) is 18.2 Å². The molecule has 0 amide bonds. The molecular formula is C22H22N4O4. The smallest absolute Gasteiger partial charge is 0.228 e. The number of rotatable bonds is 4. The van der Waals surface area contributed by atoms with Crippen LogP contribution in [0.3, 0.4) is 0 Å². The molecule has 5 rings (SSSR count). The Morgan fingerprint density at radius 3 is 2.53 bits per heavy atom. The first-order valence-corrected chi connectivity index (χ1v) is 9.92. The number of fused-ring (bicyclic) bond motifs is 1. The highest BCUT2D eigenvalue weighted by molar-refractivity contribution is 5.69. The molecular weight excluding hydrogens is 384 g/mol. The molecule has 0 saturated carbocycles. The molecule has 1 fully saturated rings. The topological polar surface area (TPSA) is 89.0 Å². The first-order chi connectivity index (χ1) is 14.7. The second-order valence-corrected chi connectivity index (χ2v) is 7.07. The van der Waals surface area contributed by atoms with Gasteiger partial charge >= 0.3 is 0 Å². The lowest BCUT2D eigenvalue weighted by atomic mass is 10.1. The van der Waals surface area contributed by atoms with Gasteiger partial charge in [-0.1, -0.05) is 12.1 Å². The zero-order valence-electron chi connectivity index (χ0n) is 16.4. The Kier molecular flexibility index (Phi) is 4.98. The van der Waals surface area contributed by atoms with E-state index in [2.05, 4.69) is 10.2 Å². The van der Waals surface area contributed by atoms with E-state index < -0.39 is 0 Å². The van der Waals surface area contributed by atoms with Gasteiger partial charge < -0.3 is 29.5 Å². The summed E-state index contributed by atoms with van der Waals surface area (Å²) in [6, 6.07) is 14.6. The maximum absolute atomic E-state index is 9.90. The summed E-state index contributed by atoms with van der Waals surface area (Å²) in [5.41, 5.74) is 2.38. The van der Waals surface area contributed by atoms with Gasteiger partial charge in [0.1, 0.15) is 24.8 Å². The molecule has 2 aromatic carbocycles. The number of hydrogen-bond donors (Lipinski definition) is 2. The minimum absolute atomic E-state index is 0.195. The minimum Gasteiger partial charge on any atom is -0.508 e. The normalized spacial score (nSPS) is 15.7. The van der Waals surface area contributed by atoms with Crippen LogP contribution in [0.1, 0.15) is 0 Å². The Hall–Kier alpha value is -3.52. The molecule has 1 saturated heterocycles. The van der Waals surface area contributed by atoms with Crippen LogP contribution in [0.5, 0.6) is 17.2 Å². The zero-order chi connectivity index (χ0) is 20.3. The fraction of sp³-hybridized carbons (Fsp3) is 0.273. The Morgan fingerprint density at radius 2 is 1.70 bits per heavy atom. The number of hydrogen-bond acceptors (Lipinski definition) is 8. The number of phenolic OH excluding ortho intramolecular Hbond substituents is 1. The molecule has 2 aliphatic rings. The predicted molar refractivity (Wildman–Crippen MR) is 113 cm³/mol. The molecule has 3 aromatic rings. The molecule has 0 unspecified atom stereocenters. The molecule has 8 nitrogen and oxygen atoms in total. The number of nitrogens with one attached hydrogen (secondary N) is 1. The summed E-state index contributed by atoms with van der Waals surface area (Å²) in [4.78, 5) is 11.6. The van der Waals surface area contributed by atoms with Crippen molar-refractivity contribution in [2.75, 3.05) is 49.7 Å². The number of nitrogens with zero attached hydrogens (tertiary/aromatic N) is 3. The van der Waals surface area contributed by atoms with Gasteiger partial charge in [-0.05, 0) is 24.3 Å². The molecule has 30 heavy (non-hydrogen) atoms. The third kappa shape index (κ3) is 3.95. The number of aromatic hydroxyl groups is 1. The van der Waals surface area contributed by atoms with E-state index in [0.717, 1.165) is 35.8 Å². The average molecular weight is 406 g/mol. The van der Waals surface area contributed by atoms with Crippen molar-refractivity contribution >= 4 is 17.5 Å². The lowest BCUT2D eigenvalue weighted by molar-refractivity contribution is 0.122. The van der Waals surface area contributed by atoms with Gasteiger partial charge in [-0.15, -0.1) is 0 Å². The molecule has 3 heterocycles. The Labute approximate surface area is 174 Å². The summed E-state index contributed by atoms with van der Waals surface area (Å²) in [6.07, 6.45) is 0. The number of phenols is 1. The molecule has 2 aliphatic heterocycles. The first kappa shape index (κ1) is 18.5. The highest BCUT2D eigenvalue weighted by Crippen LogP contribution is 2.34. The summed E-state index contributed by atoms with van der Waals surface area (Å²) in [6.45, 7) is 3.84. The van der Waals surface area contributed by atoms with Crippen LogP contribution in [-0.2, 0) is 4.74 Å². The van der Waals surface area contributed by atoms with Crippen molar-refractivity contribution in [3.05, 3.63) is 48.5 Å². The third-order valence-electron chi connectivity index (χ3n) is 4.96. The fourth-order valence-electron chi connectivity index (χ4n) is 3.49. The highest BCUT2D eigenvalue weighted by atomic mass is 16.6. The van der Waals surface area contributed by atoms with Crippen molar-refractivity contribution in [2.45, 2.75) is 0 Å². The van der Waals surface area contributed by atoms with E-state index in [0.29, 0.717) is 43.9 Å².